The third-order valence-corrected chi connectivity index (χ3v) is 3.98. The van der Waals surface area contributed by atoms with Gasteiger partial charge in [0.15, 0.2) is 11.5 Å². The molecule has 28 heavy (non-hydrogen) atoms. The zero-order chi connectivity index (χ0) is 21.8. The van der Waals surface area contributed by atoms with Crippen LogP contribution in [0.15, 0.2) is 24.3 Å². The van der Waals surface area contributed by atoms with Crippen LogP contribution in [0.25, 0.3) is 6.08 Å². The van der Waals surface area contributed by atoms with Crippen LogP contribution >= 0.6 is 0 Å². The minimum Gasteiger partial charge on any atom is -0.493 e. The average Bonchev–Trinajstić information content (AvgIpc) is 2.56. The molecule has 0 bridgehead atoms. The van der Waals surface area contributed by atoms with Gasteiger partial charge in [-0.15, -0.1) is 0 Å². The molecule has 0 aliphatic carbocycles. The van der Waals surface area contributed by atoms with Crippen molar-refractivity contribution in [1.82, 2.24) is 0 Å². The standard InChI is InChI=1S/C15H15F5O7S/c1-3-26-10-6-4-9(8-11(10)25-2)5-7-12(21)27-13(14(16,17)18)15(19,20)28(22,23)24/h4-8,13H,3H2,1-2H3,(H,22,23,24)/b7-5+. The van der Waals surface area contributed by atoms with E-state index < -0.39 is 33.6 Å². The summed E-state index contributed by atoms with van der Waals surface area (Å²) in [5, 5.41) is -5.79. The predicted molar refractivity (Wildman–Crippen MR) is 85.6 cm³/mol. The first kappa shape index (κ1) is 23.6. The molecule has 1 atom stereocenters. The van der Waals surface area contributed by atoms with Gasteiger partial charge in [0.25, 0.3) is 6.10 Å². The molecule has 1 rings (SSSR count). The van der Waals surface area contributed by atoms with Crippen LogP contribution in [0, 0.1) is 0 Å². The first-order valence-electron chi connectivity index (χ1n) is 7.35. The van der Waals surface area contributed by atoms with Crippen LogP contribution in [0.3, 0.4) is 0 Å². The lowest BCUT2D eigenvalue weighted by Gasteiger charge is -2.25. The second-order valence-corrected chi connectivity index (χ2v) is 6.57. The molecule has 0 saturated heterocycles. The van der Waals surface area contributed by atoms with Gasteiger partial charge in [-0.1, -0.05) is 6.07 Å². The second-order valence-electron chi connectivity index (χ2n) is 5.07. The van der Waals surface area contributed by atoms with Crippen molar-refractivity contribution in [1.29, 1.82) is 0 Å². The van der Waals surface area contributed by atoms with E-state index in [1.807, 2.05) is 0 Å². The number of esters is 1. The normalized spacial score (nSPS) is 14.0. The van der Waals surface area contributed by atoms with E-state index in [9.17, 15) is 35.2 Å². The van der Waals surface area contributed by atoms with Crippen LogP contribution in [0.1, 0.15) is 12.5 Å². The van der Waals surface area contributed by atoms with E-state index in [1.165, 1.54) is 25.3 Å². The van der Waals surface area contributed by atoms with Crippen LogP contribution < -0.4 is 9.47 Å². The van der Waals surface area contributed by atoms with Crippen LogP contribution in [0.5, 0.6) is 11.5 Å². The van der Waals surface area contributed by atoms with Gasteiger partial charge in [-0.3, -0.25) is 4.55 Å². The molecule has 0 heterocycles. The number of alkyl halides is 5. The zero-order valence-corrected chi connectivity index (χ0v) is 15.2. The molecule has 7 nitrogen and oxygen atoms in total. The second kappa shape index (κ2) is 8.73. The van der Waals surface area contributed by atoms with Crippen LogP contribution in [0.2, 0.25) is 0 Å². The van der Waals surface area contributed by atoms with Gasteiger partial charge in [-0.05, 0) is 30.7 Å². The SMILES string of the molecule is CCOc1ccc(/C=C/C(=O)OC(C(F)(F)F)C(F)(F)S(=O)(=O)O)cc1OC. The quantitative estimate of drug-likeness (QED) is 0.291. The van der Waals surface area contributed by atoms with Gasteiger partial charge in [-0.25, -0.2) is 4.79 Å². The molecule has 0 fully saturated rings. The molecule has 0 radical (unpaired) electrons. The fourth-order valence-corrected chi connectivity index (χ4v) is 2.30. The minimum atomic E-state index is -6.50. The number of halogens is 5. The number of carbonyl (C=O) groups is 1. The lowest BCUT2D eigenvalue weighted by atomic mass is 10.2. The van der Waals surface area contributed by atoms with E-state index in [2.05, 4.69) is 4.74 Å². The van der Waals surface area contributed by atoms with Gasteiger partial charge >= 0.3 is 27.5 Å². The molecule has 1 unspecified atom stereocenters. The minimum absolute atomic E-state index is 0.211. The third kappa shape index (κ3) is 5.79. The Morgan fingerprint density at radius 1 is 1.21 bits per heavy atom. The Kier molecular flexibility index (Phi) is 7.37. The Hall–Kier alpha value is -2.41. The average molecular weight is 434 g/mol. The summed E-state index contributed by atoms with van der Waals surface area (Å²) in [7, 11) is -5.19. The van der Waals surface area contributed by atoms with E-state index >= 15 is 0 Å². The highest BCUT2D eigenvalue weighted by Crippen LogP contribution is 2.38. The summed E-state index contributed by atoms with van der Waals surface area (Å²) < 4.78 is 108. The molecule has 0 aromatic heterocycles. The Bertz CT molecular complexity index is 834. The Morgan fingerprint density at radius 2 is 1.82 bits per heavy atom. The predicted octanol–water partition coefficient (Wildman–Crippen LogP) is 3.06. The van der Waals surface area contributed by atoms with E-state index in [0.717, 1.165) is 6.08 Å². The Morgan fingerprint density at radius 3 is 2.29 bits per heavy atom. The zero-order valence-electron chi connectivity index (χ0n) is 14.4. The topological polar surface area (TPSA) is 99.1 Å². The van der Waals surface area contributed by atoms with Crippen LogP contribution in [-0.4, -0.2) is 50.2 Å². The van der Waals surface area contributed by atoms with E-state index in [4.69, 9.17) is 14.0 Å². The Balaban J connectivity index is 3.05. The van der Waals surface area contributed by atoms with Crippen molar-refractivity contribution >= 4 is 22.2 Å². The summed E-state index contributed by atoms with van der Waals surface area (Å²) >= 11 is 0. The van der Waals surface area contributed by atoms with Crippen molar-refractivity contribution < 1.29 is 53.9 Å². The molecule has 0 aliphatic heterocycles. The molecule has 0 spiro atoms. The number of carbonyl (C=O) groups excluding carboxylic acids is 1. The summed E-state index contributed by atoms with van der Waals surface area (Å²) in [5.41, 5.74) is 0.211. The molecular weight excluding hydrogens is 419 g/mol. The molecule has 1 aromatic rings. The lowest BCUT2D eigenvalue weighted by Crippen LogP contribution is -2.52. The first-order chi connectivity index (χ1) is 12.7. The maximum Gasteiger partial charge on any atom is 0.432 e. The number of hydrogen-bond acceptors (Lipinski definition) is 6. The maximum atomic E-state index is 13.3. The largest absolute Gasteiger partial charge is 0.493 e. The molecule has 13 heteroatoms. The number of ether oxygens (including phenoxy) is 3. The number of benzene rings is 1. The van der Waals surface area contributed by atoms with E-state index in [-0.39, 0.29) is 11.3 Å². The van der Waals surface area contributed by atoms with Crippen molar-refractivity contribution in [2.75, 3.05) is 13.7 Å². The van der Waals surface area contributed by atoms with Gasteiger partial charge in [0.05, 0.1) is 13.7 Å². The highest BCUT2D eigenvalue weighted by atomic mass is 32.2. The fraction of sp³-hybridized carbons (Fsp3) is 0.400. The van der Waals surface area contributed by atoms with Gasteiger partial charge < -0.3 is 14.2 Å². The van der Waals surface area contributed by atoms with Crippen LogP contribution in [0.4, 0.5) is 22.0 Å². The van der Waals surface area contributed by atoms with E-state index in [1.54, 1.807) is 6.92 Å². The number of hydrogen-bond donors (Lipinski definition) is 1. The molecule has 0 aliphatic rings. The highest BCUT2D eigenvalue weighted by molar-refractivity contribution is 7.86. The van der Waals surface area contributed by atoms with Crippen LogP contribution in [-0.2, 0) is 19.6 Å². The third-order valence-electron chi connectivity index (χ3n) is 3.08. The molecule has 0 saturated carbocycles. The smallest absolute Gasteiger partial charge is 0.432 e. The van der Waals surface area contributed by atoms with Crippen molar-refractivity contribution in [3.63, 3.8) is 0 Å². The molecule has 1 aromatic carbocycles. The number of rotatable bonds is 8. The van der Waals surface area contributed by atoms with E-state index in [0.29, 0.717) is 18.4 Å². The summed E-state index contributed by atoms with van der Waals surface area (Å²) in [4.78, 5) is 11.5. The first-order valence-corrected chi connectivity index (χ1v) is 8.79. The van der Waals surface area contributed by atoms with Crippen molar-refractivity contribution in [3.05, 3.63) is 29.8 Å². The van der Waals surface area contributed by atoms with Crippen molar-refractivity contribution in [2.45, 2.75) is 24.5 Å². The van der Waals surface area contributed by atoms with Crippen molar-refractivity contribution in [3.8, 4) is 11.5 Å². The fourth-order valence-electron chi connectivity index (χ4n) is 1.84. The lowest BCUT2D eigenvalue weighted by molar-refractivity contribution is -0.257. The summed E-state index contributed by atoms with van der Waals surface area (Å²) in [6.45, 7) is 2.03. The summed E-state index contributed by atoms with van der Waals surface area (Å²) in [6.07, 6.45) is -9.08. The summed E-state index contributed by atoms with van der Waals surface area (Å²) in [6, 6.07) is 4.15. The molecular formula is C15H15F5O7S. The van der Waals surface area contributed by atoms with Crippen molar-refractivity contribution in [2.24, 2.45) is 0 Å². The maximum absolute atomic E-state index is 13.3. The molecule has 1 N–H and O–H groups in total. The van der Waals surface area contributed by atoms with Gasteiger partial charge in [-0.2, -0.15) is 30.4 Å². The number of methoxy groups -OCH3 is 1. The van der Waals surface area contributed by atoms with Gasteiger partial charge in [0.2, 0.25) is 0 Å². The molecule has 158 valence electrons. The highest BCUT2D eigenvalue weighted by Gasteiger charge is 2.65. The summed E-state index contributed by atoms with van der Waals surface area (Å²) in [5.74, 6) is -1.35. The van der Waals surface area contributed by atoms with Gasteiger partial charge in [0.1, 0.15) is 0 Å². The molecule has 0 amide bonds. The van der Waals surface area contributed by atoms with Gasteiger partial charge in [0, 0.05) is 6.08 Å². The Labute approximate surface area is 156 Å². The monoisotopic (exact) mass is 434 g/mol.